The highest BCUT2D eigenvalue weighted by molar-refractivity contribution is 6.39. The maximum atomic E-state index is 14.0. The summed E-state index contributed by atoms with van der Waals surface area (Å²) in [6.45, 7) is 7.38. The number of rotatable bonds is 2. The van der Waals surface area contributed by atoms with Crippen molar-refractivity contribution in [2.24, 2.45) is 23.7 Å². The molecule has 0 radical (unpaired) electrons. The number of carbonyl (C=O) groups excluding carboxylic acids is 4. The number of hydrogen-bond donors (Lipinski definition) is 4. The summed E-state index contributed by atoms with van der Waals surface area (Å²) in [5.74, 6) is -6.98. The van der Waals surface area contributed by atoms with Crippen molar-refractivity contribution in [3.8, 4) is 0 Å². The zero-order valence-electron chi connectivity index (χ0n) is 29.1. The molecule has 1 amide bonds. The van der Waals surface area contributed by atoms with E-state index in [0.717, 1.165) is 12.8 Å². The quantitative estimate of drug-likeness (QED) is 0.193. The fraction of sp³-hybridized carbons (Fsp3) is 0.784. The minimum atomic E-state index is -2.44. The normalized spacial score (nSPS) is 42.9. The van der Waals surface area contributed by atoms with Gasteiger partial charge in [0.05, 0.1) is 18.3 Å². The van der Waals surface area contributed by atoms with Crippen molar-refractivity contribution in [3.05, 3.63) is 24.3 Å². The number of ether oxygens (including phenoxy) is 2. The average Bonchev–Trinajstić information content (AvgIpc) is 3.06. The molecule has 0 aromatic heterocycles. The third kappa shape index (κ3) is 9.01. The van der Waals surface area contributed by atoms with Gasteiger partial charge >= 0.3 is 5.97 Å². The van der Waals surface area contributed by atoms with E-state index in [0.29, 0.717) is 57.8 Å². The number of cyclic esters (lactones) is 1. The lowest BCUT2D eigenvalue weighted by molar-refractivity contribution is -0.268. The molecular formula is C37H57NO10. The number of amides is 1. The Morgan fingerprint density at radius 2 is 1.60 bits per heavy atom. The van der Waals surface area contributed by atoms with Gasteiger partial charge in [0, 0.05) is 18.4 Å². The molecular weight excluding hydrogens is 618 g/mol. The summed E-state index contributed by atoms with van der Waals surface area (Å²) < 4.78 is 12.2. The summed E-state index contributed by atoms with van der Waals surface area (Å²) in [5, 5.41) is 42.9. The Morgan fingerprint density at radius 3 is 2.35 bits per heavy atom. The first-order valence-corrected chi connectivity index (χ1v) is 18.1. The first-order chi connectivity index (χ1) is 22.7. The van der Waals surface area contributed by atoms with E-state index in [4.69, 9.17) is 9.47 Å². The van der Waals surface area contributed by atoms with Crippen LogP contribution in [0.1, 0.15) is 111 Å². The van der Waals surface area contributed by atoms with Crippen LogP contribution in [0, 0.1) is 23.7 Å². The molecule has 2 saturated heterocycles. The van der Waals surface area contributed by atoms with Gasteiger partial charge in [0.25, 0.3) is 11.7 Å². The molecule has 4 aliphatic rings. The third-order valence-electron chi connectivity index (χ3n) is 11.2. The number of carbonyl (C=O) groups is 4. The molecule has 0 spiro atoms. The van der Waals surface area contributed by atoms with Crippen LogP contribution in [-0.2, 0) is 28.7 Å². The highest BCUT2D eigenvalue weighted by Crippen LogP contribution is 2.39. The summed E-state index contributed by atoms with van der Waals surface area (Å²) >= 11 is 0. The van der Waals surface area contributed by atoms with Gasteiger partial charge in [-0.15, -0.1) is 0 Å². The molecule has 11 atom stereocenters. The van der Waals surface area contributed by atoms with E-state index in [9.17, 15) is 39.6 Å². The van der Waals surface area contributed by atoms with E-state index in [-0.39, 0.29) is 31.1 Å². The van der Waals surface area contributed by atoms with Crippen LogP contribution in [0.25, 0.3) is 0 Å². The van der Waals surface area contributed by atoms with Gasteiger partial charge in [0.1, 0.15) is 17.7 Å². The standard InChI is InChI=1S/C37H57NO10/c1-23-12-7-5-6-8-15-28(39)25(3)30-19-16-24(2)37(46,47-30)33(43)34(44)38-21-10-9-14-27(38)35(45)48-36(4,20-11-13-23)22-26-17-18-29(40)32(42)31(26)41/h7-8,12,15,23-27,29-32,40-42,46H,5-6,9-11,13-14,16-22H2,1-4H3/b12-7+,15-8+/t23-,24-,25+,26?,27?,29-,30?,31?,32+,36?,37?/m1/s1. The number of hydrogen-bond acceptors (Lipinski definition) is 10. The molecule has 3 heterocycles. The molecule has 4 rings (SSSR count). The molecule has 11 heteroatoms. The Bertz CT molecular complexity index is 1220. The SMILES string of the molecule is C[C@@H]1/C=C/CC/C=C/C(=O)[C@H](C)C2CC[C@@H](C)C(O)(O2)C(=O)C(=O)N2CCCCC2C(=O)OC(C)(CC2CC[C@@H](O)[C@H](O)C2O)CCC1. The first kappa shape index (κ1) is 38.4. The summed E-state index contributed by atoms with van der Waals surface area (Å²) in [5.41, 5.74) is -1.05. The number of piperidine rings is 1. The zero-order valence-corrected chi connectivity index (χ0v) is 29.1. The fourth-order valence-corrected chi connectivity index (χ4v) is 7.81. The molecule has 4 N–H and O–H groups in total. The summed E-state index contributed by atoms with van der Waals surface area (Å²) in [4.78, 5) is 55.8. The predicted molar refractivity (Wildman–Crippen MR) is 177 cm³/mol. The van der Waals surface area contributed by atoms with Crippen molar-refractivity contribution in [1.82, 2.24) is 4.90 Å². The first-order valence-electron chi connectivity index (χ1n) is 18.1. The summed E-state index contributed by atoms with van der Waals surface area (Å²) in [6.07, 6.45) is 9.99. The maximum Gasteiger partial charge on any atom is 0.329 e. The van der Waals surface area contributed by atoms with Crippen LogP contribution in [0.2, 0.25) is 0 Å². The lowest BCUT2D eigenvalue weighted by Gasteiger charge is -2.44. The number of aliphatic hydroxyl groups excluding tert-OH is 3. The molecule has 1 aliphatic carbocycles. The maximum absolute atomic E-state index is 14.0. The molecule has 0 aromatic rings. The Balaban J connectivity index is 1.63. The molecule has 3 fully saturated rings. The van der Waals surface area contributed by atoms with Crippen molar-refractivity contribution in [2.45, 2.75) is 153 Å². The predicted octanol–water partition coefficient (Wildman–Crippen LogP) is 3.54. The molecule has 270 valence electrons. The largest absolute Gasteiger partial charge is 0.458 e. The minimum absolute atomic E-state index is 0.129. The van der Waals surface area contributed by atoms with Gasteiger partial charge in [0.15, 0.2) is 5.78 Å². The van der Waals surface area contributed by atoms with Crippen molar-refractivity contribution in [1.29, 1.82) is 0 Å². The van der Waals surface area contributed by atoms with E-state index < -0.39 is 77.3 Å². The monoisotopic (exact) mass is 675 g/mol. The Morgan fingerprint density at radius 1 is 0.875 bits per heavy atom. The smallest absolute Gasteiger partial charge is 0.329 e. The molecule has 48 heavy (non-hydrogen) atoms. The van der Waals surface area contributed by atoms with E-state index in [1.165, 1.54) is 11.0 Å². The van der Waals surface area contributed by atoms with E-state index in [1.807, 2.05) is 13.0 Å². The van der Waals surface area contributed by atoms with Gasteiger partial charge in [0.2, 0.25) is 5.79 Å². The van der Waals surface area contributed by atoms with E-state index in [2.05, 4.69) is 19.1 Å². The molecule has 2 bridgehead atoms. The number of aliphatic hydroxyl groups is 4. The second-order valence-corrected chi connectivity index (χ2v) is 15.1. The average molecular weight is 676 g/mol. The number of Topliss-reactive ketones (excluding diaryl/α,β-unsaturated/α-hetero) is 1. The zero-order chi connectivity index (χ0) is 35.2. The molecule has 0 aromatic carbocycles. The van der Waals surface area contributed by atoms with Gasteiger partial charge < -0.3 is 34.8 Å². The molecule has 3 aliphatic heterocycles. The van der Waals surface area contributed by atoms with Crippen molar-refractivity contribution < 1.29 is 49.1 Å². The van der Waals surface area contributed by atoms with Crippen LogP contribution >= 0.6 is 0 Å². The fourth-order valence-electron chi connectivity index (χ4n) is 7.81. The van der Waals surface area contributed by atoms with Gasteiger partial charge in [-0.2, -0.15) is 0 Å². The van der Waals surface area contributed by atoms with Gasteiger partial charge in [-0.05, 0) is 108 Å². The van der Waals surface area contributed by atoms with Crippen LogP contribution in [0.5, 0.6) is 0 Å². The second kappa shape index (κ2) is 16.5. The lowest BCUT2D eigenvalue weighted by Crippen LogP contribution is -2.61. The van der Waals surface area contributed by atoms with E-state index in [1.54, 1.807) is 13.8 Å². The van der Waals surface area contributed by atoms with Crippen LogP contribution in [0.3, 0.4) is 0 Å². The second-order valence-electron chi connectivity index (χ2n) is 15.1. The summed E-state index contributed by atoms with van der Waals surface area (Å²) in [6, 6.07) is -1.05. The number of allylic oxidation sites excluding steroid dienone is 4. The molecule has 1 saturated carbocycles. The van der Waals surface area contributed by atoms with Gasteiger partial charge in [-0.3, -0.25) is 14.4 Å². The Kier molecular flexibility index (Phi) is 13.2. The van der Waals surface area contributed by atoms with Crippen LogP contribution in [0.4, 0.5) is 0 Å². The highest BCUT2D eigenvalue weighted by atomic mass is 16.6. The Labute approximate surface area is 284 Å². The van der Waals surface area contributed by atoms with Crippen LogP contribution in [0.15, 0.2) is 24.3 Å². The number of esters is 1. The number of fused-ring (bicyclic) bond motifs is 3. The van der Waals surface area contributed by atoms with Crippen LogP contribution in [-0.4, -0.2) is 97.2 Å². The van der Waals surface area contributed by atoms with Crippen molar-refractivity contribution >= 4 is 23.4 Å². The molecule has 6 unspecified atom stereocenters. The number of ketones is 2. The topological polar surface area (TPSA) is 171 Å². The van der Waals surface area contributed by atoms with Crippen molar-refractivity contribution in [3.63, 3.8) is 0 Å². The van der Waals surface area contributed by atoms with Crippen molar-refractivity contribution in [2.75, 3.05) is 6.54 Å². The van der Waals surface area contributed by atoms with Gasteiger partial charge in [-0.25, -0.2) is 4.79 Å². The van der Waals surface area contributed by atoms with Crippen LogP contribution < -0.4 is 0 Å². The van der Waals surface area contributed by atoms with Gasteiger partial charge in [-0.1, -0.05) is 39.0 Å². The molecule has 11 nitrogen and oxygen atoms in total. The number of nitrogens with zero attached hydrogens (tertiary/aromatic N) is 1. The summed E-state index contributed by atoms with van der Waals surface area (Å²) in [7, 11) is 0. The third-order valence-corrected chi connectivity index (χ3v) is 11.2. The minimum Gasteiger partial charge on any atom is -0.458 e. The highest BCUT2D eigenvalue weighted by Gasteiger charge is 2.54. The Hall–Kier alpha value is -2.44. The van der Waals surface area contributed by atoms with E-state index >= 15 is 0 Å². The lowest BCUT2D eigenvalue weighted by atomic mass is 9.75.